The number of halogens is 1. The van der Waals surface area contributed by atoms with Crippen molar-refractivity contribution in [3.63, 3.8) is 0 Å². The molecule has 0 saturated carbocycles. The molecule has 8 heteroatoms. The minimum absolute atomic E-state index is 0. The summed E-state index contributed by atoms with van der Waals surface area (Å²) in [7, 11) is 0. The Morgan fingerprint density at radius 1 is 0.950 bits per heavy atom. The molecule has 2 saturated heterocycles. The Hall–Kier alpha value is -0.240. The molecule has 1 N–H and O–H groups in total. The summed E-state index contributed by atoms with van der Waals surface area (Å²) in [6, 6.07) is 0. The summed E-state index contributed by atoms with van der Waals surface area (Å²) < 4.78 is 0. The Morgan fingerprint density at radius 2 is 1.40 bits per heavy atom. The summed E-state index contributed by atoms with van der Waals surface area (Å²) in [6.07, 6.45) is 0. The van der Waals surface area contributed by atoms with Gasteiger partial charge in [-0.2, -0.15) is 0 Å². The van der Waals surface area contributed by atoms with Crippen LogP contribution in [-0.4, -0.2) is 57.7 Å². The highest BCUT2D eigenvalue weighted by Gasteiger charge is 2.29. The molecule has 0 unspecified atom stereocenters. The summed E-state index contributed by atoms with van der Waals surface area (Å²) in [4.78, 5) is 33.4. The van der Waals surface area contributed by atoms with E-state index in [9.17, 15) is 14.4 Å². The molecule has 2 rings (SSSR count). The molecule has 2 fully saturated rings. The van der Waals surface area contributed by atoms with Gasteiger partial charge in [0, 0.05) is 57.5 Å². The summed E-state index contributed by atoms with van der Waals surface area (Å²) in [5, 5.41) is 4.37. The van der Waals surface area contributed by atoms with Crippen LogP contribution < -0.4 is 5.32 Å². The van der Waals surface area contributed by atoms with Crippen molar-refractivity contribution in [2.75, 3.05) is 26.2 Å². The van der Waals surface area contributed by atoms with Crippen LogP contribution in [-0.2, 0) is 14.4 Å². The first kappa shape index (κ1) is 19.8. The number of nitrogens with one attached hydrogen (secondary N) is 1. The van der Waals surface area contributed by atoms with Gasteiger partial charge in [0.05, 0.1) is 0 Å². The van der Waals surface area contributed by atoms with E-state index in [4.69, 9.17) is 0 Å². The van der Waals surface area contributed by atoms with Crippen molar-refractivity contribution >= 4 is 52.1 Å². The molecule has 0 aromatic heterocycles. The van der Waals surface area contributed by atoms with Crippen LogP contribution in [0.1, 0.15) is 20.8 Å². The van der Waals surface area contributed by atoms with E-state index in [1.807, 2.05) is 0 Å². The molecule has 0 aromatic rings. The van der Waals surface area contributed by atoms with Crippen LogP contribution >= 0.6 is 35.9 Å². The lowest BCUT2D eigenvalue weighted by Gasteiger charge is -2.37. The van der Waals surface area contributed by atoms with E-state index >= 15 is 0 Å². The topological polar surface area (TPSA) is 66.5 Å². The van der Waals surface area contributed by atoms with Crippen molar-refractivity contribution < 1.29 is 14.4 Å². The fourth-order valence-corrected chi connectivity index (χ4v) is 3.43. The van der Waals surface area contributed by atoms with Crippen molar-refractivity contribution in [2.45, 2.75) is 31.3 Å². The van der Waals surface area contributed by atoms with Gasteiger partial charge in [-0.1, -0.05) is 23.5 Å². The number of thioether (sulfide) groups is 2. The Balaban J connectivity index is 0.000000359. The monoisotopic (exact) mass is 340 g/mol. The standard InChI is InChI=1S/C7H11NO2S.C5H9NOS.ClH/c1-5(9)8-3-7(4-8)11-6(2)10;1-4(7)8-5-2-6-3-5;/h7H,3-4H2,1-2H3;5-6H,2-3H2,1H3;1H. The van der Waals surface area contributed by atoms with Gasteiger partial charge < -0.3 is 10.2 Å². The van der Waals surface area contributed by atoms with E-state index in [1.165, 1.54) is 23.5 Å². The number of carbonyl (C=O) groups is 3. The van der Waals surface area contributed by atoms with Crippen LogP contribution in [0.15, 0.2) is 0 Å². The second-order valence-corrected chi connectivity index (χ2v) is 7.50. The van der Waals surface area contributed by atoms with Crippen LogP contribution in [0.4, 0.5) is 0 Å². The van der Waals surface area contributed by atoms with Crippen molar-refractivity contribution in [1.82, 2.24) is 10.2 Å². The number of nitrogens with zero attached hydrogens (tertiary/aromatic N) is 1. The van der Waals surface area contributed by atoms with E-state index < -0.39 is 0 Å². The highest BCUT2D eigenvalue weighted by Crippen LogP contribution is 2.22. The number of hydrogen-bond donors (Lipinski definition) is 1. The number of hydrogen-bond acceptors (Lipinski definition) is 6. The van der Waals surface area contributed by atoms with Gasteiger partial charge in [0.25, 0.3) is 0 Å². The first-order chi connectivity index (χ1) is 8.88. The van der Waals surface area contributed by atoms with Gasteiger partial charge in [-0.3, -0.25) is 14.4 Å². The molecule has 116 valence electrons. The lowest BCUT2D eigenvalue weighted by molar-refractivity contribution is -0.131. The molecule has 0 aliphatic carbocycles. The summed E-state index contributed by atoms with van der Waals surface area (Å²) in [5.74, 6) is 0.102. The average molecular weight is 341 g/mol. The van der Waals surface area contributed by atoms with Crippen LogP contribution in [0.5, 0.6) is 0 Å². The van der Waals surface area contributed by atoms with Crippen LogP contribution in [0.3, 0.4) is 0 Å². The molecule has 2 heterocycles. The largest absolute Gasteiger partial charge is 0.341 e. The third-order valence-corrected chi connectivity index (χ3v) is 4.66. The fraction of sp³-hybridized carbons (Fsp3) is 0.750. The molecule has 0 atom stereocenters. The zero-order chi connectivity index (χ0) is 14.4. The van der Waals surface area contributed by atoms with Crippen molar-refractivity contribution in [2.24, 2.45) is 0 Å². The van der Waals surface area contributed by atoms with E-state index in [-0.39, 0.29) is 28.5 Å². The van der Waals surface area contributed by atoms with Gasteiger partial charge in [-0.25, -0.2) is 0 Å². The number of rotatable bonds is 2. The summed E-state index contributed by atoms with van der Waals surface area (Å²) >= 11 is 2.77. The molecule has 2 aliphatic rings. The Kier molecular flexibility index (Phi) is 9.54. The van der Waals surface area contributed by atoms with Gasteiger partial charge in [0.2, 0.25) is 5.91 Å². The molecule has 0 spiro atoms. The molecular formula is C12H21ClN2O3S2. The van der Waals surface area contributed by atoms with Crippen LogP contribution in [0.2, 0.25) is 0 Å². The Morgan fingerprint density at radius 3 is 1.65 bits per heavy atom. The van der Waals surface area contributed by atoms with Gasteiger partial charge in [0.1, 0.15) is 0 Å². The van der Waals surface area contributed by atoms with Gasteiger partial charge in [-0.05, 0) is 0 Å². The average Bonchev–Trinajstić information content (AvgIpc) is 2.17. The normalized spacial score (nSPS) is 17.9. The summed E-state index contributed by atoms with van der Waals surface area (Å²) in [6.45, 7) is 8.20. The van der Waals surface area contributed by atoms with Crippen molar-refractivity contribution in [3.05, 3.63) is 0 Å². The fourth-order valence-electron chi connectivity index (χ4n) is 1.58. The van der Waals surface area contributed by atoms with E-state index in [0.717, 1.165) is 26.2 Å². The number of carbonyl (C=O) groups excluding carboxylic acids is 3. The van der Waals surface area contributed by atoms with Crippen molar-refractivity contribution in [3.8, 4) is 0 Å². The Bertz CT molecular complexity index is 359. The van der Waals surface area contributed by atoms with Crippen molar-refractivity contribution in [1.29, 1.82) is 0 Å². The zero-order valence-electron chi connectivity index (χ0n) is 11.9. The second kappa shape index (κ2) is 9.65. The SMILES string of the molecule is CC(=O)SC1CN(C(C)=O)C1.CC(=O)SC1CNC1.Cl. The molecule has 5 nitrogen and oxygen atoms in total. The molecule has 2 aliphatic heterocycles. The highest BCUT2D eigenvalue weighted by atomic mass is 35.5. The third kappa shape index (κ3) is 7.52. The van der Waals surface area contributed by atoms with Gasteiger partial charge in [-0.15, -0.1) is 12.4 Å². The maximum absolute atomic E-state index is 10.7. The minimum atomic E-state index is 0. The predicted octanol–water partition coefficient (Wildman–Crippen LogP) is 1.16. The molecule has 1 amide bonds. The number of likely N-dealkylation sites (tertiary alicyclic amines) is 1. The third-order valence-electron chi connectivity index (χ3n) is 2.70. The maximum Gasteiger partial charge on any atom is 0.219 e. The Labute approximate surface area is 134 Å². The zero-order valence-corrected chi connectivity index (χ0v) is 14.3. The molecule has 20 heavy (non-hydrogen) atoms. The van der Waals surface area contributed by atoms with E-state index in [2.05, 4.69) is 5.32 Å². The molecule has 0 radical (unpaired) electrons. The molecule has 0 aromatic carbocycles. The maximum atomic E-state index is 10.7. The lowest BCUT2D eigenvalue weighted by Crippen LogP contribution is -2.51. The number of amides is 1. The smallest absolute Gasteiger partial charge is 0.219 e. The lowest BCUT2D eigenvalue weighted by atomic mass is 10.2. The predicted molar refractivity (Wildman–Crippen MR) is 86.5 cm³/mol. The minimum Gasteiger partial charge on any atom is -0.341 e. The molecular weight excluding hydrogens is 320 g/mol. The van der Waals surface area contributed by atoms with Gasteiger partial charge in [0.15, 0.2) is 10.2 Å². The van der Waals surface area contributed by atoms with Crippen LogP contribution in [0, 0.1) is 0 Å². The highest BCUT2D eigenvalue weighted by molar-refractivity contribution is 8.14. The first-order valence-electron chi connectivity index (χ1n) is 6.19. The van der Waals surface area contributed by atoms with Gasteiger partial charge >= 0.3 is 0 Å². The van der Waals surface area contributed by atoms with Crippen LogP contribution in [0.25, 0.3) is 0 Å². The quantitative estimate of drug-likeness (QED) is 0.813. The van der Waals surface area contributed by atoms with E-state index in [1.54, 1.807) is 25.7 Å². The second-order valence-electron chi connectivity index (χ2n) is 4.55. The van der Waals surface area contributed by atoms with E-state index in [0.29, 0.717) is 10.5 Å². The first-order valence-corrected chi connectivity index (χ1v) is 7.95. The molecule has 0 bridgehead atoms. The summed E-state index contributed by atoms with van der Waals surface area (Å²) in [5.41, 5.74) is 0.